The predicted octanol–water partition coefficient (Wildman–Crippen LogP) is 1.08. The van der Waals surface area contributed by atoms with Gasteiger partial charge in [0.1, 0.15) is 6.04 Å². The van der Waals surface area contributed by atoms with E-state index in [2.05, 4.69) is 0 Å². The predicted molar refractivity (Wildman–Crippen MR) is 44.2 cm³/mol. The van der Waals surface area contributed by atoms with E-state index >= 15 is 0 Å². The summed E-state index contributed by atoms with van der Waals surface area (Å²) < 4.78 is 0. The van der Waals surface area contributed by atoms with Crippen LogP contribution in [0.1, 0.15) is 27.7 Å². The van der Waals surface area contributed by atoms with Crippen molar-refractivity contribution in [1.82, 2.24) is 0 Å². The normalized spacial score (nSPS) is 17.5. The maximum atomic E-state index is 10.5. The summed E-state index contributed by atoms with van der Waals surface area (Å²) >= 11 is 0. The van der Waals surface area contributed by atoms with Crippen LogP contribution in [-0.2, 0) is 4.79 Å². The van der Waals surface area contributed by atoms with Crippen molar-refractivity contribution < 1.29 is 9.90 Å². The lowest BCUT2D eigenvalue weighted by molar-refractivity contribution is -0.140. The van der Waals surface area contributed by atoms with Crippen LogP contribution in [-0.4, -0.2) is 17.1 Å². The highest BCUT2D eigenvalue weighted by Gasteiger charge is 2.29. The van der Waals surface area contributed by atoms with Crippen LogP contribution in [0.2, 0.25) is 0 Å². The summed E-state index contributed by atoms with van der Waals surface area (Å²) in [5, 5.41) is 8.59. The third kappa shape index (κ3) is 2.89. The van der Waals surface area contributed by atoms with Gasteiger partial charge in [0, 0.05) is 0 Å². The van der Waals surface area contributed by atoms with E-state index in [0.717, 1.165) is 0 Å². The maximum Gasteiger partial charge on any atom is 0.320 e. The van der Waals surface area contributed by atoms with Gasteiger partial charge in [-0.05, 0) is 11.3 Å². The zero-order chi connectivity index (χ0) is 9.23. The van der Waals surface area contributed by atoms with E-state index in [1.807, 2.05) is 27.7 Å². The van der Waals surface area contributed by atoms with Gasteiger partial charge in [0.15, 0.2) is 0 Å². The average Bonchev–Trinajstić information content (AvgIpc) is 1.82. The Labute approximate surface area is 67.6 Å². The Bertz CT molecular complexity index is 149. The molecule has 3 heteroatoms. The van der Waals surface area contributed by atoms with E-state index in [1.54, 1.807) is 0 Å². The largest absolute Gasteiger partial charge is 0.480 e. The van der Waals surface area contributed by atoms with Crippen LogP contribution in [0.5, 0.6) is 0 Å². The molecule has 0 aromatic rings. The van der Waals surface area contributed by atoms with Gasteiger partial charge < -0.3 is 10.8 Å². The summed E-state index contributed by atoms with van der Waals surface area (Å²) in [4.78, 5) is 10.5. The molecule has 0 spiro atoms. The number of hydrogen-bond acceptors (Lipinski definition) is 2. The van der Waals surface area contributed by atoms with Crippen LogP contribution in [0.4, 0.5) is 0 Å². The smallest absolute Gasteiger partial charge is 0.320 e. The van der Waals surface area contributed by atoms with Crippen molar-refractivity contribution in [3.05, 3.63) is 0 Å². The van der Waals surface area contributed by atoms with E-state index in [4.69, 9.17) is 10.8 Å². The van der Waals surface area contributed by atoms with Crippen molar-refractivity contribution in [1.29, 1.82) is 0 Å². The lowest BCUT2D eigenvalue weighted by Gasteiger charge is -2.29. The molecule has 0 aliphatic heterocycles. The number of nitrogens with two attached hydrogens (primary N) is 1. The molecule has 1 unspecified atom stereocenters. The van der Waals surface area contributed by atoms with Crippen LogP contribution < -0.4 is 5.73 Å². The zero-order valence-corrected chi connectivity index (χ0v) is 7.59. The molecule has 3 nitrogen and oxygen atoms in total. The van der Waals surface area contributed by atoms with Crippen LogP contribution in [0.15, 0.2) is 0 Å². The third-order valence-electron chi connectivity index (χ3n) is 2.19. The van der Waals surface area contributed by atoms with Gasteiger partial charge in [0.05, 0.1) is 0 Å². The van der Waals surface area contributed by atoms with Gasteiger partial charge in [-0.1, -0.05) is 27.7 Å². The highest BCUT2D eigenvalue weighted by Crippen LogP contribution is 2.27. The van der Waals surface area contributed by atoms with Gasteiger partial charge in [-0.15, -0.1) is 0 Å². The second kappa shape index (κ2) is 3.22. The first kappa shape index (κ1) is 10.4. The molecule has 0 saturated heterocycles. The molecule has 11 heavy (non-hydrogen) atoms. The Morgan fingerprint density at radius 3 is 1.91 bits per heavy atom. The summed E-state index contributed by atoms with van der Waals surface area (Å²) in [5.74, 6) is -0.938. The van der Waals surface area contributed by atoms with Crippen LogP contribution >= 0.6 is 0 Å². The molecule has 0 radical (unpaired) electrons. The van der Waals surface area contributed by atoms with Crippen molar-refractivity contribution in [2.24, 2.45) is 17.1 Å². The summed E-state index contributed by atoms with van der Waals surface area (Å²) in [7, 11) is 0. The molecule has 0 fully saturated rings. The zero-order valence-electron chi connectivity index (χ0n) is 7.59. The fraction of sp³-hybridized carbons (Fsp3) is 0.875. The summed E-state index contributed by atoms with van der Waals surface area (Å²) in [6.07, 6.45) is 0. The first-order chi connectivity index (χ1) is 4.76. The molecule has 0 rings (SSSR count). The topological polar surface area (TPSA) is 63.3 Å². The highest BCUT2D eigenvalue weighted by molar-refractivity contribution is 5.73. The van der Waals surface area contributed by atoms with E-state index in [0.29, 0.717) is 0 Å². The first-order valence-corrected chi connectivity index (χ1v) is 3.75. The van der Waals surface area contributed by atoms with Gasteiger partial charge in [-0.3, -0.25) is 4.79 Å². The summed E-state index contributed by atoms with van der Waals surface area (Å²) in [5.41, 5.74) is 5.40. The first-order valence-electron chi connectivity index (χ1n) is 3.75. The van der Waals surface area contributed by atoms with Crippen molar-refractivity contribution in [3.63, 3.8) is 0 Å². The Morgan fingerprint density at radius 1 is 1.45 bits per heavy atom. The quantitative estimate of drug-likeness (QED) is 0.633. The number of carboxylic acid groups (broad SMARTS) is 1. The Morgan fingerprint density at radius 2 is 1.82 bits per heavy atom. The minimum absolute atomic E-state index is 0.0139. The van der Waals surface area contributed by atoms with Gasteiger partial charge in [-0.25, -0.2) is 0 Å². The summed E-state index contributed by atoms with van der Waals surface area (Å²) in [6.45, 7) is 7.82. The molecule has 0 saturated carbocycles. The van der Waals surface area contributed by atoms with Crippen molar-refractivity contribution in [3.8, 4) is 0 Å². The van der Waals surface area contributed by atoms with Crippen LogP contribution in [0.25, 0.3) is 0 Å². The Hall–Kier alpha value is -0.570. The molecule has 0 aromatic heterocycles. The van der Waals surface area contributed by atoms with Crippen molar-refractivity contribution >= 4 is 5.97 Å². The molecule has 3 N–H and O–H groups in total. The molecule has 0 aliphatic carbocycles. The molecule has 0 heterocycles. The Kier molecular flexibility index (Phi) is 3.05. The standard InChI is InChI=1S/C8H17NO2/c1-5(8(2,3)4)6(9)7(10)11/h5-6H,9H2,1-4H3,(H,10,11)/t5?,6-/m0/s1. The number of hydrogen-bond donors (Lipinski definition) is 2. The molecule has 0 amide bonds. The SMILES string of the molecule is CC([C@H](N)C(=O)O)C(C)(C)C. The molecule has 66 valence electrons. The molecule has 0 aliphatic rings. The third-order valence-corrected chi connectivity index (χ3v) is 2.19. The number of aliphatic carboxylic acids is 1. The van der Waals surface area contributed by atoms with E-state index in [-0.39, 0.29) is 11.3 Å². The lowest BCUT2D eigenvalue weighted by Crippen LogP contribution is -2.42. The van der Waals surface area contributed by atoms with Crippen LogP contribution in [0.3, 0.4) is 0 Å². The molecular weight excluding hydrogens is 142 g/mol. The molecule has 0 bridgehead atoms. The molecule has 2 atom stereocenters. The number of carbonyl (C=O) groups is 1. The Balaban J connectivity index is 4.25. The fourth-order valence-electron chi connectivity index (χ4n) is 0.753. The monoisotopic (exact) mass is 159 g/mol. The van der Waals surface area contributed by atoms with Crippen molar-refractivity contribution in [2.75, 3.05) is 0 Å². The van der Waals surface area contributed by atoms with Crippen molar-refractivity contribution in [2.45, 2.75) is 33.7 Å². The number of carboxylic acids is 1. The summed E-state index contributed by atoms with van der Waals surface area (Å²) in [6, 6.07) is -0.755. The second-order valence-corrected chi connectivity index (χ2v) is 4.02. The number of rotatable bonds is 2. The minimum Gasteiger partial charge on any atom is -0.480 e. The van der Waals surface area contributed by atoms with E-state index in [1.165, 1.54) is 0 Å². The van der Waals surface area contributed by atoms with Gasteiger partial charge >= 0.3 is 5.97 Å². The second-order valence-electron chi connectivity index (χ2n) is 4.02. The fourth-order valence-corrected chi connectivity index (χ4v) is 0.753. The molecule has 0 aromatic carbocycles. The average molecular weight is 159 g/mol. The van der Waals surface area contributed by atoms with Gasteiger partial charge in [-0.2, -0.15) is 0 Å². The van der Waals surface area contributed by atoms with Crippen LogP contribution in [0, 0.1) is 11.3 Å². The van der Waals surface area contributed by atoms with E-state index < -0.39 is 12.0 Å². The van der Waals surface area contributed by atoms with Gasteiger partial charge in [0.25, 0.3) is 0 Å². The molecular formula is C8H17NO2. The minimum atomic E-state index is -0.924. The highest BCUT2D eigenvalue weighted by atomic mass is 16.4. The van der Waals surface area contributed by atoms with E-state index in [9.17, 15) is 4.79 Å². The maximum absolute atomic E-state index is 10.5. The lowest BCUT2D eigenvalue weighted by atomic mass is 9.78. The van der Waals surface area contributed by atoms with Gasteiger partial charge in [0.2, 0.25) is 0 Å².